The van der Waals surface area contributed by atoms with Crippen LogP contribution in [0.4, 0.5) is 5.69 Å². The lowest BCUT2D eigenvalue weighted by molar-refractivity contribution is 0.0926. The second kappa shape index (κ2) is 7.15. The fourth-order valence-electron chi connectivity index (χ4n) is 5.62. The molecule has 7 aromatic rings. The quantitative estimate of drug-likeness (QED) is 0.211. The number of rotatable bonds is 2. The molecule has 1 aliphatic rings. The van der Waals surface area contributed by atoms with Crippen molar-refractivity contribution in [2.45, 2.75) is 0 Å². The zero-order valence-corrected chi connectivity index (χ0v) is 19.4. The number of aromatic nitrogens is 3. The van der Waals surface area contributed by atoms with E-state index in [1.807, 2.05) is 54.7 Å². The van der Waals surface area contributed by atoms with Crippen molar-refractivity contribution < 1.29 is 9.59 Å². The molecule has 0 atom stereocenters. The van der Waals surface area contributed by atoms with E-state index in [0.717, 1.165) is 54.9 Å². The predicted octanol–water partition coefficient (Wildman–Crippen LogP) is 6.82. The molecule has 37 heavy (non-hydrogen) atoms. The Labute approximate surface area is 210 Å². The molecule has 0 bridgehead atoms. The summed E-state index contributed by atoms with van der Waals surface area (Å²) in [5.41, 5.74) is 5.15. The number of fused-ring (bicyclic) bond motifs is 8. The van der Waals surface area contributed by atoms with E-state index in [9.17, 15) is 9.59 Å². The van der Waals surface area contributed by atoms with Gasteiger partial charge in [-0.15, -0.1) is 0 Å². The van der Waals surface area contributed by atoms with E-state index in [4.69, 9.17) is 4.98 Å². The van der Waals surface area contributed by atoms with Crippen LogP contribution in [-0.4, -0.2) is 26.8 Å². The normalized spacial score (nSPS) is 13.5. The Bertz CT molecular complexity index is 2060. The SMILES string of the molecule is O=C1c2ccccc2C(=O)N1c1ccc2c3ccccc3c3nc(-c4c[nH]c5ccccc45)[nH]c3c2c1. The van der Waals surface area contributed by atoms with Crippen molar-refractivity contribution in [1.82, 2.24) is 15.0 Å². The summed E-state index contributed by atoms with van der Waals surface area (Å²) >= 11 is 0. The predicted molar refractivity (Wildman–Crippen MR) is 146 cm³/mol. The van der Waals surface area contributed by atoms with Crippen LogP contribution in [0, 0.1) is 0 Å². The van der Waals surface area contributed by atoms with E-state index in [1.165, 1.54) is 4.90 Å². The van der Waals surface area contributed by atoms with Crippen LogP contribution in [0.25, 0.3) is 54.9 Å². The first-order valence-corrected chi connectivity index (χ1v) is 12.1. The van der Waals surface area contributed by atoms with E-state index < -0.39 is 0 Å². The summed E-state index contributed by atoms with van der Waals surface area (Å²) in [6.45, 7) is 0. The Balaban J connectivity index is 1.40. The second-order valence-electron chi connectivity index (χ2n) is 9.32. The third-order valence-corrected chi connectivity index (χ3v) is 7.35. The highest BCUT2D eigenvalue weighted by atomic mass is 16.2. The van der Waals surface area contributed by atoms with Gasteiger partial charge in [-0.2, -0.15) is 0 Å². The molecule has 3 heterocycles. The maximum Gasteiger partial charge on any atom is 0.266 e. The van der Waals surface area contributed by atoms with Crippen LogP contribution in [-0.2, 0) is 0 Å². The fraction of sp³-hybridized carbons (Fsp3) is 0. The van der Waals surface area contributed by atoms with Crippen molar-refractivity contribution in [2.24, 2.45) is 0 Å². The minimum absolute atomic E-state index is 0.305. The van der Waals surface area contributed by atoms with Gasteiger partial charge in [-0.3, -0.25) is 9.59 Å². The molecule has 174 valence electrons. The van der Waals surface area contributed by atoms with Gasteiger partial charge in [0.1, 0.15) is 5.82 Å². The Morgan fingerprint density at radius 2 is 1.27 bits per heavy atom. The summed E-state index contributed by atoms with van der Waals surface area (Å²) in [7, 11) is 0. The number of nitrogens with zero attached hydrogens (tertiary/aromatic N) is 2. The van der Waals surface area contributed by atoms with E-state index >= 15 is 0 Å². The number of benzene rings is 5. The minimum Gasteiger partial charge on any atom is -0.360 e. The van der Waals surface area contributed by atoms with Gasteiger partial charge in [-0.05, 0) is 41.1 Å². The van der Waals surface area contributed by atoms with Gasteiger partial charge in [0.25, 0.3) is 11.8 Å². The summed E-state index contributed by atoms with van der Waals surface area (Å²) in [6.07, 6.45) is 1.97. The number of para-hydroxylation sites is 1. The fourth-order valence-corrected chi connectivity index (χ4v) is 5.62. The molecular formula is C31H18N4O2. The standard InChI is InChI=1S/C31H18N4O2/c36-30-22-10-3-4-11-23(22)31(37)35(30)17-13-14-19-18-7-1-2-9-21(18)27-28(24(19)15-17)34-29(33-27)25-16-32-26-12-6-5-8-20(25)26/h1-16,32H,(H,33,34). The van der Waals surface area contributed by atoms with Gasteiger partial charge in [0.2, 0.25) is 0 Å². The van der Waals surface area contributed by atoms with Crippen LogP contribution >= 0.6 is 0 Å². The van der Waals surface area contributed by atoms with Crippen molar-refractivity contribution in [3.8, 4) is 11.4 Å². The van der Waals surface area contributed by atoms with Crippen molar-refractivity contribution >= 4 is 61.0 Å². The molecule has 8 rings (SSSR count). The van der Waals surface area contributed by atoms with Gasteiger partial charge in [-0.25, -0.2) is 9.88 Å². The summed E-state index contributed by atoms with van der Waals surface area (Å²) in [5, 5.41) is 5.12. The molecule has 0 radical (unpaired) electrons. The minimum atomic E-state index is -0.305. The lowest BCUT2D eigenvalue weighted by atomic mass is 9.99. The lowest BCUT2D eigenvalue weighted by Crippen LogP contribution is -2.29. The molecule has 2 amide bonds. The van der Waals surface area contributed by atoms with Gasteiger partial charge >= 0.3 is 0 Å². The highest BCUT2D eigenvalue weighted by Crippen LogP contribution is 2.39. The van der Waals surface area contributed by atoms with Crippen LogP contribution in [0.1, 0.15) is 20.7 Å². The molecule has 2 N–H and O–H groups in total. The van der Waals surface area contributed by atoms with Gasteiger partial charge in [-0.1, -0.05) is 60.7 Å². The number of carbonyl (C=O) groups excluding carboxylic acids is 2. The first kappa shape index (κ1) is 20.0. The van der Waals surface area contributed by atoms with Crippen molar-refractivity contribution in [2.75, 3.05) is 4.90 Å². The summed E-state index contributed by atoms with van der Waals surface area (Å²) in [5.74, 6) is 0.151. The highest BCUT2D eigenvalue weighted by molar-refractivity contribution is 6.35. The molecule has 6 heteroatoms. The van der Waals surface area contributed by atoms with Gasteiger partial charge in [0.05, 0.1) is 27.8 Å². The smallest absolute Gasteiger partial charge is 0.266 e. The van der Waals surface area contributed by atoms with E-state index in [2.05, 4.69) is 28.2 Å². The summed E-state index contributed by atoms with van der Waals surface area (Å²) in [6, 6.07) is 29.0. The number of nitrogens with one attached hydrogen (secondary N) is 2. The molecule has 0 fully saturated rings. The number of aromatic amines is 2. The molecule has 0 unspecified atom stereocenters. The zero-order chi connectivity index (χ0) is 24.7. The average molecular weight is 479 g/mol. The second-order valence-corrected chi connectivity index (χ2v) is 9.32. The molecule has 0 saturated carbocycles. The summed E-state index contributed by atoms with van der Waals surface area (Å²) < 4.78 is 0. The number of hydrogen-bond donors (Lipinski definition) is 2. The number of imide groups is 1. The van der Waals surface area contributed by atoms with Crippen LogP contribution in [0.2, 0.25) is 0 Å². The monoisotopic (exact) mass is 478 g/mol. The van der Waals surface area contributed by atoms with Crippen LogP contribution in [0.3, 0.4) is 0 Å². The van der Waals surface area contributed by atoms with Gasteiger partial charge in [0.15, 0.2) is 0 Å². The third kappa shape index (κ3) is 2.66. The van der Waals surface area contributed by atoms with Crippen molar-refractivity contribution in [3.63, 3.8) is 0 Å². The Hall–Kier alpha value is -5.23. The van der Waals surface area contributed by atoms with Crippen LogP contribution < -0.4 is 4.90 Å². The molecule has 0 aliphatic carbocycles. The largest absolute Gasteiger partial charge is 0.360 e. The molecular weight excluding hydrogens is 460 g/mol. The Kier molecular flexibility index (Phi) is 3.87. The van der Waals surface area contributed by atoms with Crippen LogP contribution in [0.5, 0.6) is 0 Å². The van der Waals surface area contributed by atoms with Gasteiger partial charge < -0.3 is 9.97 Å². The topological polar surface area (TPSA) is 81.8 Å². The molecule has 2 aromatic heterocycles. The first-order chi connectivity index (χ1) is 18.2. The van der Waals surface area contributed by atoms with Crippen molar-refractivity contribution in [1.29, 1.82) is 0 Å². The Morgan fingerprint density at radius 3 is 2.05 bits per heavy atom. The number of anilines is 1. The molecule has 0 spiro atoms. The number of hydrogen-bond acceptors (Lipinski definition) is 3. The number of H-pyrrole nitrogens is 2. The van der Waals surface area contributed by atoms with E-state index in [1.54, 1.807) is 24.3 Å². The lowest BCUT2D eigenvalue weighted by Gasteiger charge is -2.15. The Morgan fingerprint density at radius 1 is 0.622 bits per heavy atom. The summed E-state index contributed by atoms with van der Waals surface area (Å²) in [4.78, 5) is 39.6. The molecule has 1 aliphatic heterocycles. The third-order valence-electron chi connectivity index (χ3n) is 7.35. The van der Waals surface area contributed by atoms with Gasteiger partial charge in [0, 0.05) is 33.4 Å². The number of imidazole rings is 1. The average Bonchev–Trinajstić information content (AvgIpc) is 3.64. The zero-order valence-electron chi connectivity index (χ0n) is 19.4. The maximum absolute atomic E-state index is 13.2. The number of carbonyl (C=O) groups is 2. The highest BCUT2D eigenvalue weighted by Gasteiger charge is 2.36. The molecule has 0 saturated heterocycles. The molecule has 6 nitrogen and oxygen atoms in total. The van der Waals surface area contributed by atoms with E-state index in [0.29, 0.717) is 16.8 Å². The maximum atomic E-state index is 13.2. The van der Waals surface area contributed by atoms with E-state index in [-0.39, 0.29) is 11.8 Å². The first-order valence-electron chi connectivity index (χ1n) is 12.1. The molecule has 5 aromatic carbocycles. The number of amides is 2. The van der Waals surface area contributed by atoms with Crippen LogP contribution in [0.15, 0.2) is 97.2 Å². The van der Waals surface area contributed by atoms with Crippen molar-refractivity contribution in [3.05, 3.63) is 108 Å².